The van der Waals surface area contributed by atoms with Gasteiger partial charge in [-0.3, -0.25) is 0 Å². The summed E-state index contributed by atoms with van der Waals surface area (Å²) in [5, 5.41) is 3.53. The minimum Gasteiger partial charge on any atom is -0.376 e. The number of piperidine rings is 1. The predicted molar refractivity (Wildman–Crippen MR) is 101 cm³/mol. The van der Waals surface area contributed by atoms with Crippen LogP contribution in [0.5, 0.6) is 0 Å². The number of amides is 2. The van der Waals surface area contributed by atoms with Crippen LogP contribution in [0.4, 0.5) is 10.5 Å². The van der Waals surface area contributed by atoms with Gasteiger partial charge in [0.25, 0.3) is 0 Å². The third-order valence-corrected chi connectivity index (χ3v) is 4.95. The van der Waals surface area contributed by atoms with E-state index < -0.39 is 0 Å². The molecule has 0 bridgehead atoms. The Morgan fingerprint density at radius 3 is 2.52 bits per heavy atom. The number of hydrogen-bond acceptors (Lipinski definition) is 2. The van der Waals surface area contributed by atoms with Crippen molar-refractivity contribution in [3.8, 4) is 0 Å². The van der Waals surface area contributed by atoms with Crippen LogP contribution in [-0.4, -0.2) is 31.1 Å². The Hall–Kier alpha value is -2.04. The minimum atomic E-state index is -0.0746. The fourth-order valence-corrected chi connectivity index (χ4v) is 3.61. The Balaban J connectivity index is 1.57. The third kappa shape index (κ3) is 4.53. The summed E-state index contributed by atoms with van der Waals surface area (Å²) >= 11 is 5.96. The summed E-state index contributed by atoms with van der Waals surface area (Å²) in [5.74, 6) is 0.419. The molecule has 0 saturated carbocycles. The normalized spacial score (nSPS) is 16.5. The van der Waals surface area contributed by atoms with Crippen molar-refractivity contribution < 1.29 is 9.53 Å². The van der Waals surface area contributed by atoms with Gasteiger partial charge in [0.15, 0.2) is 0 Å². The molecule has 2 aromatic carbocycles. The molecule has 1 aliphatic rings. The first-order chi connectivity index (χ1) is 12.2. The fourth-order valence-electron chi connectivity index (χ4n) is 3.42. The lowest BCUT2D eigenvalue weighted by Gasteiger charge is -2.35. The van der Waals surface area contributed by atoms with E-state index in [1.807, 2.05) is 35.2 Å². The first kappa shape index (κ1) is 17.8. The molecule has 4 nitrogen and oxygen atoms in total. The van der Waals surface area contributed by atoms with E-state index in [2.05, 4.69) is 17.4 Å². The molecule has 1 heterocycles. The second-order valence-corrected chi connectivity index (χ2v) is 6.77. The Morgan fingerprint density at radius 2 is 1.88 bits per heavy atom. The van der Waals surface area contributed by atoms with Gasteiger partial charge in [-0.2, -0.15) is 0 Å². The Bertz CT molecular complexity index is 700. The molecule has 132 valence electrons. The first-order valence-corrected chi connectivity index (χ1v) is 8.94. The fraction of sp³-hybridized carbons (Fsp3) is 0.350. The number of halogens is 1. The van der Waals surface area contributed by atoms with Gasteiger partial charge in [-0.15, -0.1) is 0 Å². The summed E-state index contributed by atoms with van der Waals surface area (Å²) in [6, 6.07) is 17.4. The molecule has 1 unspecified atom stereocenters. The van der Waals surface area contributed by atoms with Crippen molar-refractivity contribution in [3.63, 3.8) is 0 Å². The van der Waals surface area contributed by atoms with Crippen LogP contribution in [0.25, 0.3) is 0 Å². The van der Waals surface area contributed by atoms with Crippen molar-refractivity contribution in [2.45, 2.75) is 18.9 Å². The van der Waals surface area contributed by atoms with Gasteiger partial charge in [0.2, 0.25) is 0 Å². The number of nitrogens with one attached hydrogen (secondary N) is 1. The van der Waals surface area contributed by atoms with Crippen LogP contribution in [-0.2, 0) is 4.74 Å². The number of benzene rings is 2. The van der Waals surface area contributed by atoms with Gasteiger partial charge in [0, 0.05) is 30.9 Å². The average Bonchev–Trinajstić information content (AvgIpc) is 2.64. The standard InChI is InChI=1S/C20H23ClN2O2/c1-25-19(15-6-3-2-4-7-15)16-10-12-23(13-11-16)20(24)22-18-9-5-8-17(21)14-18/h2-9,14,16,19H,10-13H2,1H3,(H,22,24). The van der Waals surface area contributed by atoms with E-state index >= 15 is 0 Å². The number of urea groups is 1. The highest BCUT2D eigenvalue weighted by Gasteiger charge is 2.29. The Labute approximate surface area is 153 Å². The Morgan fingerprint density at radius 1 is 1.16 bits per heavy atom. The zero-order valence-corrected chi connectivity index (χ0v) is 15.1. The molecule has 1 aliphatic heterocycles. The van der Waals surface area contributed by atoms with Gasteiger partial charge >= 0.3 is 6.03 Å². The first-order valence-electron chi connectivity index (χ1n) is 8.56. The molecule has 1 fully saturated rings. The summed E-state index contributed by atoms with van der Waals surface area (Å²) in [7, 11) is 1.76. The van der Waals surface area contributed by atoms with Crippen molar-refractivity contribution >= 4 is 23.3 Å². The molecular formula is C20H23ClN2O2. The maximum atomic E-state index is 12.4. The molecule has 1 atom stereocenters. The second kappa shape index (κ2) is 8.37. The van der Waals surface area contributed by atoms with Gasteiger partial charge in [-0.25, -0.2) is 4.79 Å². The maximum absolute atomic E-state index is 12.4. The van der Waals surface area contributed by atoms with E-state index in [-0.39, 0.29) is 12.1 Å². The van der Waals surface area contributed by atoms with Crippen LogP contribution in [0, 0.1) is 5.92 Å². The van der Waals surface area contributed by atoms with Crippen LogP contribution in [0.2, 0.25) is 5.02 Å². The van der Waals surface area contributed by atoms with Crippen LogP contribution in [0.3, 0.4) is 0 Å². The number of nitrogens with zero attached hydrogens (tertiary/aromatic N) is 1. The van der Waals surface area contributed by atoms with Crippen molar-refractivity contribution in [2.24, 2.45) is 5.92 Å². The maximum Gasteiger partial charge on any atom is 0.321 e. The van der Waals surface area contributed by atoms with Crippen molar-refractivity contribution in [1.82, 2.24) is 4.90 Å². The minimum absolute atomic E-state index is 0.0746. The molecule has 2 aromatic rings. The summed E-state index contributed by atoms with van der Waals surface area (Å²) in [6.45, 7) is 1.45. The lowest BCUT2D eigenvalue weighted by molar-refractivity contribution is 0.0264. The molecule has 3 rings (SSSR count). The predicted octanol–water partition coefficient (Wildman–Crippen LogP) is 4.97. The second-order valence-electron chi connectivity index (χ2n) is 6.33. The van der Waals surface area contributed by atoms with Gasteiger partial charge in [0.05, 0.1) is 6.10 Å². The SMILES string of the molecule is COC(c1ccccc1)C1CCN(C(=O)Nc2cccc(Cl)c2)CC1. The zero-order valence-electron chi connectivity index (χ0n) is 14.3. The number of methoxy groups -OCH3 is 1. The molecule has 1 saturated heterocycles. The molecule has 0 aliphatic carbocycles. The average molecular weight is 359 g/mol. The van der Waals surface area contributed by atoms with Crippen LogP contribution >= 0.6 is 11.6 Å². The van der Waals surface area contributed by atoms with Gasteiger partial charge in [-0.1, -0.05) is 48.0 Å². The van der Waals surface area contributed by atoms with E-state index in [0.717, 1.165) is 31.6 Å². The highest BCUT2D eigenvalue weighted by molar-refractivity contribution is 6.30. The van der Waals surface area contributed by atoms with E-state index in [9.17, 15) is 4.79 Å². The largest absolute Gasteiger partial charge is 0.376 e. The van der Waals surface area contributed by atoms with E-state index in [1.165, 1.54) is 5.56 Å². The molecular weight excluding hydrogens is 336 g/mol. The number of ether oxygens (including phenoxy) is 1. The molecule has 0 aromatic heterocycles. The quantitative estimate of drug-likeness (QED) is 0.838. The topological polar surface area (TPSA) is 41.6 Å². The summed E-state index contributed by atoms with van der Waals surface area (Å²) in [4.78, 5) is 14.3. The zero-order chi connectivity index (χ0) is 17.6. The smallest absolute Gasteiger partial charge is 0.321 e. The van der Waals surface area contributed by atoms with Crippen molar-refractivity contribution in [2.75, 3.05) is 25.5 Å². The van der Waals surface area contributed by atoms with Gasteiger partial charge < -0.3 is 15.0 Å². The number of anilines is 1. The number of carbonyl (C=O) groups excluding carboxylic acids is 1. The van der Waals surface area contributed by atoms with Gasteiger partial charge in [-0.05, 0) is 42.5 Å². The number of carbonyl (C=O) groups is 1. The lowest BCUT2D eigenvalue weighted by Crippen LogP contribution is -2.42. The number of hydrogen-bond donors (Lipinski definition) is 1. The van der Waals surface area contributed by atoms with E-state index in [1.54, 1.807) is 19.2 Å². The summed E-state index contributed by atoms with van der Waals surface area (Å²) < 4.78 is 5.75. The van der Waals surface area contributed by atoms with Crippen LogP contribution < -0.4 is 5.32 Å². The molecule has 25 heavy (non-hydrogen) atoms. The third-order valence-electron chi connectivity index (χ3n) is 4.71. The summed E-state index contributed by atoms with van der Waals surface area (Å²) in [6.07, 6.45) is 1.94. The van der Waals surface area contributed by atoms with Crippen LogP contribution in [0.1, 0.15) is 24.5 Å². The summed E-state index contributed by atoms with van der Waals surface area (Å²) in [5.41, 5.74) is 1.92. The van der Waals surface area contributed by atoms with E-state index in [4.69, 9.17) is 16.3 Å². The van der Waals surface area contributed by atoms with Crippen LogP contribution in [0.15, 0.2) is 54.6 Å². The van der Waals surface area contributed by atoms with E-state index in [0.29, 0.717) is 10.9 Å². The molecule has 2 amide bonds. The molecule has 0 radical (unpaired) electrons. The molecule has 1 N–H and O–H groups in total. The number of rotatable bonds is 4. The van der Waals surface area contributed by atoms with Gasteiger partial charge in [0.1, 0.15) is 0 Å². The Kier molecular flexibility index (Phi) is 5.95. The van der Waals surface area contributed by atoms with Crippen molar-refractivity contribution in [1.29, 1.82) is 0 Å². The lowest BCUT2D eigenvalue weighted by atomic mass is 9.87. The highest BCUT2D eigenvalue weighted by atomic mass is 35.5. The number of likely N-dealkylation sites (tertiary alicyclic amines) is 1. The monoisotopic (exact) mass is 358 g/mol. The molecule has 0 spiro atoms. The van der Waals surface area contributed by atoms with Crippen molar-refractivity contribution in [3.05, 3.63) is 65.2 Å². The molecule has 5 heteroatoms. The highest BCUT2D eigenvalue weighted by Crippen LogP contribution is 2.33.